The number of fused-ring (bicyclic) bond motifs is 1. The molecular weight excluding hydrogens is 442 g/mol. The van der Waals surface area contributed by atoms with Crippen molar-refractivity contribution in [3.05, 3.63) is 46.6 Å². The molecule has 1 aromatic carbocycles. The number of nitrogens with zero attached hydrogens (tertiary/aromatic N) is 4. The van der Waals surface area contributed by atoms with Crippen LogP contribution in [0, 0.1) is 29.1 Å². The Labute approximate surface area is 197 Å². The third kappa shape index (κ3) is 4.61. The van der Waals surface area contributed by atoms with Gasteiger partial charge in [0.25, 0.3) is 5.91 Å². The summed E-state index contributed by atoms with van der Waals surface area (Å²) in [5.74, 6) is 2.81. The molecule has 0 bridgehead atoms. The number of aliphatic hydroxyl groups excluding tert-OH is 1. The second-order valence-electron chi connectivity index (χ2n) is 9.17. The number of aliphatic hydroxyl groups is 1. The standard InChI is InChI=1S/C24H26ClN5O3/c25-21-9-17(4-1-14(21)10-26)33-16-5-2-15(3-6-16)27-24(32)22-7-8-23(29-28-22)30-11-18-19(12-30)20(18)13-31/h1,4,7-9,15-16,18-20,31H,2-3,5-6,11-13H2,(H,27,32)/t15?,16?,18-,19+,20+. The molecule has 1 aromatic heterocycles. The molecule has 1 amide bonds. The molecular formula is C24H26ClN5O3. The monoisotopic (exact) mass is 467 g/mol. The number of anilines is 1. The number of hydrogen-bond donors (Lipinski definition) is 2. The average Bonchev–Trinajstić information content (AvgIpc) is 3.30. The molecule has 2 aliphatic carbocycles. The number of amides is 1. The Bertz CT molecular complexity index is 1050. The van der Waals surface area contributed by atoms with Crippen LogP contribution < -0.4 is 15.0 Å². The van der Waals surface area contributed by atoms with Gasteiger partial charge in [0.15, 0.2) is 11.5 Å². The van der Waals surface area contributed by atoms with Crippen LogP contribution in [-0.4, -0.2) is 53.1 Å². The molecule has 0 radical (unpaired) electrons. The minimum Gasteiger partial charge on any atom is -0.490 e. The van der Waals surface area contributed by atoms with Crippen LogP contribution in [0.4, 0.5) is 5.82 Å². The summed E-state index contributed by atoms with van der Waals surface area (Å²) >= 11 is 6.08. The largest absolute Gasteiger partial charge is 0.490 e. The van der Waals surface area contributed by atoms with E-state index in [1.54, 1.807) is 24.3 Å². The first-order valence-corrected chi connectivity index (χ1v) is 11.8. The first kappa shape index (κ1) is 21.9. The Hall–Kier alpha value is -2.89. The third-order valence-corrected chi connectivity index (χ3v) is 7.48. The SMILES string of the molecule is N#Cc1ccc(OC2CCC(NC(=O)c3ccc(N4C[C@@H]5[C@@H](CO)[C@@H]5C4)nn3)CC2)cc1Cl. The van der Waals surface area contributed by atoms with E-state index in [-0.39, 0.29) is 24.7 Å². The number of nitrogens with one attached hydrogen (secondary N) is 1. The van der Waals surface area contributed by atoms with Gasteiger partial charge in [0.05, 0.1) is 16.7 Å². The minimum absolute atomic E-state index is 0.0540. The van der Waals surface area contributed by atoms with Gasteiger partial charge in [-0.15, -0.1) is 10.2 Å². The first-order valence-electron chi connectivity index (χ1n) is 11.4. The van der Waals surface area contributed by atoms with Crippen molar-refractivity contribution >= 4 is 23.3 Å². The molecule has 2 heterocycles. The Morgan fingerprint density at radius 2 is 1.94 bits per heavy atom. The molecule has 2 aromatic rings. The van der Waals surface area contributed by atoms with E-state index in [4.69, 9.17) is 21.6 Å². The molecule has 5 rings (SSSR count). The molecule has 0 unspecified atom stereocenters. The van der Waals surface area contributed by atoms with E-state index < -0.39 is 0 Å². The van der Waals surface area contributed by atoms with E-state index in [0.717, 1.165) is 44.6 Å². The fourth-order valence-electron chi connectivity index (χ4n) is 5.16. The highest BCUT2D eigenvalue weighted by atomic mass is 35.5. The predicted molar refractivity (Wildman–Crippen MR) is 122 cm³/mol. The maximum atomic E-state index is 12.6. The van der Waals surface area contributed by atoms with E-state index >= 15 is 0 Å². The Morgan fingerprint density at radius 3 is 2.55 bits per heavy atom. The number of piperidine rings is 1. The van der Waals surface area contributed by atoms with Crippen LogP contribution in [0.2, 0.25) is 5.02 Å². The normalized spacial score (nSPS) is 28.0. The zero-order valence-corrected chi connectivity index (χ0v) is 18.9. The lowest BCUT2D eigenvalue weighted by Gasteiger charge is -2.29. The number of nitriles is 1. The molecule has 3 aliphatic rings. The number of rotatable bonds is 6. The van der Waals surface area contributed by atoms with Gasteiger partial charge in [-0.25, -0.2) is 0 Å². The molecule has 0 spiro atoms. The maximum Gasteiger partial charge on any atom is 0.272 e. The van der Waals surface area contributed by atoms with Crippen molar-refractivity contribution in [2.24, 2.45) is 17.8 Å². The van der Waals surface area contributed by atoms with Crippen molar-refractivity contribution in [3.8, 4) is 11.8 Å². The minimum atomic E-state index is -0.207. The van der Waals surface area contributed by atoms with E-state index in [0.29, 0.717) is 39.8 Å². The second kappa shape index (κ2) is 9.16. The van der Waals surface area contributed by atoms with Crippen LogP contribution in [0.25, 0.3) is 0 Å². The van der Waals surface area contributed by atoms with E-state index in [9.17, 15) is 9.90 Å². The summed E-state index contributed by atoms with van der Waals surface area (Å²) in [5, 5.41) is 30.1. The van der Waals surface area contributed by atoms with Crippen molar-refractivity contribution in [2.75, 3.05) is 24.6 Å². The van der Waals surface area contributed by atoms with Gasteiger partial charge in [-0.2, -0.15) is 5.26 Å². The summed E-state index contributed by atoms with van der Waals surface area (Å²) in [7, 11) is 0. The lowest BCUT2D eigenvalue weighted by molar-refractivity contribution is 0.0888. The molecule has 9 heteroatoms. The maximum absolute atomic E-state index is 12.6. The fourth-order valence-corrected chi connectivity index (χ4v) is 5.37. The average molecular weight is 468 g/mol. The molecule has 1 aliphatic heterocycles. The van der Waals surface area contributed by atoms with Gasteiger partial charge in [-0.1, -0.05) is 11.6 Å². The van der Waals surface area contributed by atoms with Crippen LogP contribution >= 0.6 is 11.6 Å². The van der Waals surface area contributed by atoms with Crippen molar-refractivity contribution < 1.29 is 14.6 Å². The van der Waals surface area contributed by atoms with Crippen molar-refractivity contribution in [3.63, 3.8) is 0 Å². The van der Waals surface area contributed by atoms with Crippen LogP contribution in [0.1, 0.15) is 41.7 Å². The number of halogens is 1. The highest BCUT2D eigenvalue weighted by molar-refractivity contribution is 6.31. The predicted octanol–water partition coefficient (Wildman–Crippen LogP) is 2.80. The molecule has 2 saturated carbocycles. The van der Waals surface area contributed by atoms with Crippen molar-refractivity contribution in [1.82, 2.24) is 15.5 Å². The molecule has 3 fully saturated rings. The summed E-state index contributed by atoms with van der Waals surface area (Å²) in [5.41, 5.74) is 0.751. The Morgan fingerprint density at radius 1 is 1.18 bits per heavy atom. The summed E-state index contributed by atoms with van der Waals surface area (Å²) in [6.45, 7) is 2.07. The Kier molecular flexibility index (Phi) is 6.09. The van der Waals surface area contributed by atoms with Gasteiger partial charge in [-0.05, 0) is 67.7 Å². The number of benzene rings is 1. The van der Waals surface area contributed by atoms with Gasteiger partial charge in [0, 0.05) is 31.8 Å². The summed E-state index contributed by atoms with van der Waals surface area (Å²) in [6.07, 6.45) is 3.32. The highest BCUT2D eigenvalue weighted by Gasteiger charge is 2.55. The molecule has 1 saturated heterocycles. The zero-order valence-electron chi connectivity index (χ0n) is 18.2. The smallest absolute Gasteiger partial charge is 0.272 e. The quantitative estimate of drug-likeness (QED) is 0.671. The summed E-state index contributed by atoms with van der Waals surface area (Å²) < 4.78 is 6.01. The van der Waals surface area contributed by atoms with Crippen LogP contribution in [0.5, 0.6) is 5.75 Å². The van der Waals surface area contributed by atoms with Gasteiger partial charge in [0.1, 0.15) is 11.8 Å². The van der Waals surface area contributed by atoms with Gasteiger partial charge < -0.3 is 20.1 Å². The zero-order chi connectivity index (χ0) is 22.9. The third-order valence-electron chi connectivity index (χ3n) is 7.16. The van der Waals surface area contributed by atoms with Gasteiger partial charge >= 0.3 is 0 Å². The number of aromatic nitrogens is 2. The van der Waals surface area contributed by atoms with E-state index in [1.807, 2.05) is 12.1 Å². The number of carbonyl (C=O) groups excluding carboxylic acids is 1. The summed E-state index contributed by atoms with van der Waals surface area (Å²) in [6, 6.07) is 10.8. The molecule has 3 atom stereocenters. The highest BCUT2D eigenvalue weighted by Crippen LogP contribution is 2.51. The fraction of sp³-hybridized carbons (Fsp3) is 0.500. The lowest BCUT2D eigenvalue weighted by atomic mass is 9.93. The van der Waals surface area contributed by atoms with Gasteiger partial charge in [-0.3, -0.25) is 4.79 Å². The van der Waals surface area contributed by atoms with Crippen molar-refractivity contribution in [1.29, 1.82) is 5.26 Å². The van der Waals surface area contributed by atoms with Crippen LogP contribution in [-0.2, 0) is 0 Å². The molecule has 172 valence electrons. The molecule has 8 nitrogen and oxygen atoms in total. The Balaban J connectivity index is 1.08. The number of hydrogen-bond acceptors (Lipinski definition) is 7. The van der Waals surface area contributed by atoms with E-state index in [2.05, 4.69) is 20.4 Å². The number of carbonyl (C=O) groups is 1. The number of ether oxygens (including phenoxy) is 1. The lowest BCUT2D eigenvalue weighted by Crippen LogP contribution is -2.40. The first-order chi connectivity index (χ1) is 16.1. The van der Waals surface area contributed by atoms with E-state index in [1.165, 1.54) is 0 Å². The summed E-state index contributed by atoms with van der Waals surface area (Å²) in [4.78, 5) is 14.8. The molecule has 2 N–H and O–H groups in total. The topological polar surface area (TPSA) is 111 Å². The van der Waals surface area contributed by atoms with Gasteiger partial charge in [0.2, 0.25) is 0 Å². The second-order valence-corrected chi connectivity index (χ2v) is 9.58. The molecule has 33 heavy (non-hydrogen) atoms. The van der Waals surface area contributed by atoms with Crippen LogP contribution in [0.3, 0.4) is 0 Å². The van der Waals surface area contributed by atoms with Crippen LogP contribution in [0.15, 0.2) is 30.3 Å². The van der Waals surface area contributed by atoms with Crippen molar-refractivity contribution in [2.45, 2.75) is 37.8 Å².